The first kappa shape index (κ1) is 17.8. The van der Waals surface area contributed by atoms with E-state index in [0.29, 0.717) is 23.6 Å². The van der Waals surface area contributed by atoms with Gasteiger partial charge >= 0.3 is 0 Å². The molecule has 6 heteroatoms. The molecule has 0 aliphatic rings. The van der Waals surface area contributed by atoms with Crippen LogP contribution < -0.4 is 15.2 Å². The first-order valence-electron chi connectivity index (χ1n) is 7.51. The molecule has 0 radical (unpaired) electrons. The fourth-order valence-corrected chi connectivity index (χ4v) is 2.06. The molecule has 2 aromatic carbocycles. The fraction of sp³-hybridized carbons (Fsp3) is 0.105. The summed E-state index contributed by atoms with van der Waals surface area (Å²) in [6.07, 6.45) is 1.38. The molecular formula is C19H15N2O4-. The number of carbonyl (C=O) groups is 2. The average Bonchev–Trinajstić information content (AvgIpc) is 2.60. The molecule has 0 fully saturated rings. The molecule has 0 spiro atoms. The minimum Gasteiger partial charge on any atom is -0.545 e. The SMILES string of the molecule is CCOc1cccc(NC(=O)/C(C#N)=C/c2ccc(C(=O)[O-])cc2)c1. The van der Waals surface area contributed by atoms with E-state index >= 15 is 0 Å². The molecule has 0 heterocycles. The van der Waals surface area contributed by atoms with Crippen molar-refractivity contribution in [3.63, 3.8) is 0 Å². The van der Waals surface area contributed by atoms with Crippen LogP contribution in [0.2, 0.25) is 0 Å². The number of nitriles is 1. The second-order valence-electron chi connectivity index (χ2n) is 4.99. The summed E-state index contributed by atoms with van der Waals surface area (Å²) in [7, 11) is 0. The molecule has 2 aromatic rings. The van der Waals surface area contributed by atoms with Crippen molar-refractivity contribution >= 4 is 23.6 Å². The van der Waals surface area contributed by atoms with Gasteiger partial charge in [0.15, 0.2) is 0 Å². The van der Waals surface area contributed by atoms with Crippen LogP contribution in [0.15, 0.2) is 54.1 Å². The highest BCUT2D eigenvalue weighted by Gasteiger charge is 2.10. The van der Waals surface area contributed by atoms with E-state index < -0.39 is 11.9 Å². The number of hydrogen-bond donors (Lipinski definition) is 1. The molecule has 25 heavy (non-hydrogen) atoms. The monoisotopic (exact) mass is 335 g/mol. The van der Waals surface area contributed by atoms with Crippen LogP contribution in [0.3, 0.4) is 0 Å². The molecule has 2 rings (SSSR count). The topological polar surface area (TPSA) is 102 Å². The van der Waals surface area contributed by atoms with Gasteiger partial charge in [-0.05, 0) is 36.3 Å². The second-order valence-corrected chi connectivity index (χ2v) is 4.99. The Kier molecular flexibility index (Phi) is 5.91. The molecule has 6 nitrogen and oxygen atoms in total. The summed E-state index contributed by atoms with van der Waals surface area (Å²) in [6, 6.07) is 14.4. The number of anilines is 1. The summed E-state index contributed by atoms with van der Waals surface area (Å²) in [4.78, 5) is 23.0. The summed E-state index contributed by atoms with van der Waals surface area (Å²) >= 11 is 0. The molecular weight excluding hydrogens is 320 g/mol. The van der Waals surface area contributed by atoms with Crippen LogP contribution in [0.25, 0.3) is 6.08 Å². The van der Waals surface area contributed by atoms with Gasteiger partial charge in [0.1, 0.15) is 17.4 Å². The molecule has 0 saturated carbocycles. The molecule has 0 aliphatic carbocycles. The molecule has 126 valence electrons. The van der Waals surface area contributed by atoms with E-state index in [9.17, 15) is 20.0 Å². The molecule has 0 aliphatic heterocycles. The van der Waals surface area contributed by atoms with Crippen LogP contribution >= 0.6 is 0 Å². The number of hydrogen-bond acceptors (Lipinski definition) is 5. The van der Waals surface area contributed by atoms with Gasteiger partial charge in [0.25, 0.3) is 5.91 Å². The predicted octanol–water partition coefficient (Wildman–Crippen LogP) is 1.99. The lowest BCUT2D eigenvalue weighted by Crippen LogP contribution is -2.21. The third-order valence-electron chi connectivity index (χ3n) is 3.23. The Labute approximate surface area is 145 Å². The second kappa shape index (κ2) is 8.31. The Hall–Kier alpha value is -3.59. The lowest BCUT2D eigenvalue weighted by molar-refractivity contribution is -0.255. The number of ether oxygens (including phenoxy) is 1. The van der Waals surface area contributed by atoms with E-state index in [1.165, 1.54) is 30.3 Å². The van der Waals surface area contributed by atoms with E-state index in [4.69, 9.17) is 4.74 Å². The maximum absolute atomic E-state index is 12.2. The van der Waals surface area contributed by atoms with E-state index in [1.54, 1.807) is 24.3 Å². The van der Waals surface area contributed by atoms with E-state index in [2.05, 4.69) is 5.32 Å². The van der Waals surface area contributed by atoms with Gasteiger partial charge in [-0.2, -0.15) is 5.26 Å². The maximum atomic E-state index is 12.2. The smallest absolute Gasteiger partial charge is 0.266 e. The van der Waals surface area contributed by atoms with E-state index in [-0.39, 0.29) is 11.1 Å². The molecule has 0 bridgehead atoms. The third-order valence-corrected chi connectivity index (χ3v) is 3.23. The summed E-state index contributed by atoms with van der Waals surface area (Å²) in [5.41, 5.74) is 0.944. The van der Waals surface area contributed by atoms with Crippen LogP contribution in [0, 0.1) is 11.3 Å². The predicted molar refractivity (Wildman–Crippen MR) is 90.6 cm³/mol. The van der Waals surface area contributed by atoms with Crippen LogP contribution in [0.1, 0.15) is 22.8 Å². The van der Waals surface area contributed by atoms with Crippen molar-refractivity contribution in [1.82, 2.24) is 0 Å². The highest BCUT2D eigenvalue weighted by molar-refractivity contribution is 6.09. The number of nitrogens with zero attached hydrogens (tertiary/aromatic N) is 1. The van der Waals surface area contributed by atoms with E-state index in [1.807, 2.05) is 13.0 Å². The molecule has 1 amide bonds. The van der Waals surface area contributed by atoms with Gasteiger partial charge in [-0.1, -0.05) is 30.3 Å². The van der Waals surface area contributed by atoms with Gasteiger partial charge in [-0.3, -0.25) is 4.79 Å². The van der Waals surface area contributed by atoms with Crippen LogP contribution in [0.5, 0.6) is 5.75 Å². The molecule has 0 aromatic heterocycles. The first-order chi connectivity index (χ1) is 12.0. The Balaban J connectivity index is 2.16. The molecule has 0 saturated heterocycles. The number of benzene rings is 2. The number of carbonyl (C=O) groups excluding carboxylic acids is 2. The van der Waals surface area contributed by atoms with E-state index in [0.717, 1.165) is 0 Å². The standard InChI is InChI=1S/C19H16N2O4/c1-2-25-17-5-3-4-16(11-17)21-18(22)15(12-20)10-13-6-8-14(9-7-13)19(23)24/h3-11H,2H2,1H3,(H,21,22)(H,23,24)/p-1/b15-10+. The number of nitrogens with one attached hydrogen (secondary N) is 1. The van der Waals surface area contributed by atoms with Crippen molar-refractivity contribution in [2.45, 2.75) is 6.92 Å². The van der Waals surface area contributed by atoms with Crippen molar-refractivity contribution in [3.8, 4) is 11.8 Å². The summed E-state index contributed by atoms with van der Waals surface area (Å²) < 4.78 is 5.36. The normalized spacial score (nSPS) is 10.6. The van der Waals surface area contributed by atoms with Crippen LogP contribution in [0.4, 0.5) is 5.69 Å². The Morgan fingerprint density at radius 3 is 2.56 bits per heavy atom. The molecule has 1 N–H and O–H groups in total. The summed E-state index contributed by atoms with van der Waals surface area (Å²) in [5.74, 6) is -1.25. The average molecular weight is 335 g/mol. The summed E-state index contributed by atoms with van der Waals surface area (Å²) in [5, 5.41) is 22.6. The molecule has 0 unspecified atom stereocenters. The largest absolute Gasteiger partial charge is 0.545 e. The minimum atomic E-state index is -1.29. The highest BCUT2D eigenvalue weighted by atomic mass is 16.5. The maximum Gasteiger partial charge on any atom is 0.266 e. The number of carboxylic acid groups (broad SMARTS) is 1. The lowest BCUT2D eigenvalue weighted by atomic mass is 10.1. The van der Waals surface area contributed by atoms with Crippen molar-refractivity contribution in [3.05, 3.63) is 65.2 Å². The van der Waals surface area contributed by atoms with Gasteiger partial charge in [0, 0.05) is 11.8 Å². The van der Waals surface area contributed by atoms with Crippen LogP contribution in [-0.2, 0) is 4.79 Å². The van der Waals surface area contributed by atoms with Crippen molar-refractivity contribution in [2.24, 2.45) is 0 Å². The van der Waals surface area contributed by atoms with Crippen LogP contribution in [-0.4, -0.2) is 18.5 Å². The van der Waals surface area contributed by atoms with Gasteiger partial charge < -0.3 is 20.0 Å². The van der Waals surface area contributed by atoms with Gasteiger partial charge in [-0.25, -0.2) is 0 Å². The zero-order valence-electron chi connectivity index (χ0n) is 13.5. The van der Waals surface area contributed by atoms with Gasteiger partial charge in [0.2, 0.25) is 0 Å². The fourth-order valence-electron chi connectivity index (χ4n) is 2.06. The highest BCUT2D eigenvalue weighted by Crippen LogP contribution is 2.18. The van der Waals surface area contributed by atoms with Crippen molar-refractivity contribution in [1.29, 1.82) is 5.26 Å². The number of amides is 1. The molecule has 0 atom stereocenters. The minimum absolute atomic E-state index is 0.0212. The Morgan fingerprint density at radius 2 is 1.96 bits per heavy atom. The number of aromatic carboxylic acids is 1. The Bertz CT molecular complexity index is 848. The first-order valence-corrected chi connectivity index (χ1v) is 7.51. The summed E-state index contributed by atoms with van der Waals surface area (Å²) in [6.45, 7) is 2.36. The third kappa shape index (κ3) is 4.94. The van der Waals surface area contributed by atoms with Gasteiger partial charge in [0.05, 0.1) is 12.6 Å². The number of carboxylic acids is 1. The van der Waals surface area contributed by atoms with Crippen molar-refractivity contribution in [2.75, 3.05) is 11.9 Å². The van der Waals surface area contributed by atoms with Crippen molar-refractivity contribution < 1.29 is 19.4 Å². The Morgan fingerprint density at radius 1 is 1.24 bits per heavy atom. The quantitative estimate of drug-likeness (QED) is 0.642. The van der Waals surface area contributed by atoms with Gasteiger partial charge in [-0.15, -0.1) is 0 Å². The zero-order valence-corrected chi connectivity index (χ0v) is 13.5. The zero-order chi connectivity index (χ0) is 18.2. The number of rotatable bonds is 6. The lowest BCUT2D eigenvalue weighted by Gasteiger charge is -2.07.